The first-order chi connectivity index (χ1) is 8.24. The summed E-state index contributed by atoms with van der Waals surface area (Å²) in [6.07, 6.45) is 0. The van der Waals surface area contributed by atoms with Gasteiger partial charge in [0.05, 0.1) is 17.6 Å². The monoisotopic (exact) mass is 280 g/mol. The van der Waals surface area contributed by atoms with Crippen molar-refractivity contribution >= 4 is 46.2 Å². The summed E-state index contributed by atoms with van der Waals surface area (Å²) >= 11 is 13.1. The minimum atomic E-state index is 0.727. The van der Waals surface area contributed by atoms with Gasteiger partial charge >= 0.3 is 0 Å². The maximum Gasteiger partial charge on any atom is 0.178 e. The van der Waals surface area contributed by atoms with Gasteiger partial charge in [-0.25, -0.2) is 0 Å². The molecule has 0 unspecified atom stereocenters. The van der Waals surface area contributed by atoms with Crippen LogP contribution in [-0.4, -0.2) is 9.55 Å². The Kier molecular flexibility index (Phi) is 2.78. The normalized spacial score (nSPS) is 11.1. The molecule has 17 heavy (non-hydrogen) atoms. The van der Waals surface area contributed by atoms with Gasteiger partial charge in [-0.15, -0.1) is 0 Å². The van der Waals surface area contributed by atoms with E-state index in [1.165, 1.54) is 5.56 Å². The van der Waals surface area contributed by atoms with Crippen LogP contribution in [0.1, 0.15) is 5.56 Å². The SMILES string of the molecule is S=c1[nH]c2ccc(Cl)cc2n1Cc1ccsc1. The average molecular weight is 281 g/mol. The van der Waals surface area contributed by atoms with Crippen LogP contribution in [0, 0.1) is 4.77 Å². The van der Waals surface area contributed by atoms with Crippen LogP contribution < -0.4 is 0 Å². The molecule has 5 heteroatoms. The zero-order chi connectivity index (χ0) is 11.8. The highest BCUT2D eigenvalue weighted by Gasteiger charge is 2.05. The number of rotatable bonds is 2. The summed E-state index contributed by atoms with van der Waals surface area (Å²) in [4.78, 5) is 3.19. The Hall–Kier alpha value is -1.10. The van der Waals surface area contributed by atoms with Gasteiger partial charge in [-0.05, 0) is 52.8 Å². The molecule has 0 aliphatic heterocycles. The molecule has 0 aliphatic rings. The molecule has 0 saturated heterocycles. The van der Waals surface area contributed by atoms with E-state index < -0.39 is 0 Å². The summed E-state index contributed by atoms with van der Waals surface area (Å²) in [5, 5.41) is 4.93. The Morgan fingerprint density at radius 1 is 1.35 bits per heavy atom. The Morgan fingerprint density at radius 2 is 2.24 bits per heavy atom. The van der Waals surface area contributed by atoms with Gasteiger partial charge in [0.25, 0.3) is 0 Å². The lowest BCUT2D eigenvalue weighted by atomic mass is 10.3. The lowest BCUT2D eigenvalue weighted by Gasteiger charge is -2.02. The third-order valence-corrected chi connectivity index (χ3v) is 3.95. The molecule has 0 amide bonds. The number of thiophene rings is 1. The second kappa shape index (κ2) is 4.29. The fourth-order valence-electron chi connectivity index (χ4n) is 1.85. The maximum atomic E-state index is 6.02. The predicted molar refractivity (Wildman–Crippen MR) is 75.6 cm³/mol. The number of aromatic nitrogens is 2. The van der Waals surface area contributed by atoms with Crippen molar-refractivity contribution in [1.29, 1.82) is 0 Å². The van der Waals surface area contributed by atoms with E-state index in [0.717, 1.165) is 27.4 Å². The molecule has 86 valence electrons. The molecule has 1 N–H and O–H groups in total. The van der Waals surface area contributed by atoms with Crippen molar-refractivity contribution < 1.29 is 0 Å². The molecule has 2 heterocycles. The van der Waals surface area contributed by atoms with Crippen molar-refractivity contribution in [2.75, 3.05) is 0 Å². The Bertz CT molecular complexity index is 710. The summed E-state index contributed by atoms with van der Waals surface area (Å²) in [5.41, 5.74) is 3.33. The third-order valence-electron chi connectivity index (χ3n) is 2.66. The van der Waals surface area contributed by atoms with Crippen molar-refractivity contribution in [3.63, 3.8) is 0 Å². The highest BCUT2D eigenvalue weighted by molar-refractivity contribution is 7.71. The predicted octanol–water partition coefficient (Wildman–Crippen LogP) is 4.46. The first-order valence-corrected chi connectivity index (χ1v) is 6.86. The Balaban J connectivity index is 2.17. The number of hydrogen-bond acceptors (Lipinski definition) is 2. The topological polar surface area (TPSA) is 20.7 Å². The number of aromatic amines is 1. The molecular weight excluding hydrogens is 272 g/mol. The van der Waals surface area contributed by atoms with Crippen LogP contribution in [-0.2, 0) is 6.54 Å². The van der Waals surface area contributed by atoms with E-state index >= 15 is 0 Å². The van der Waals surface area contributed by atoms with E-state index in [2.05, 4.69) is 26.4 Å². The average Bonchev–Trinajstić information content (AvgIpc) is 2.90. The summed E-state index contributed by atoms with van der Waals surface area (Å²) in [6, 6.07) is 7.87. The van der Waals surface area contributed by atoms with Crippen LogP contribution in [0.25, 0.3) is 11.0 Å². The van der Waals surface area contributed by atoms with E-state index in [1.54, 1.807) is 11.3 Å². The standard InChI is InChI=1S/C12H9ClN2S2/c13-9-1-2-10-11(5-9)15(12(16)14-10)6-8-3-4-17-7-8/h1-5,7H,6H2,(H,14,16). The molecule has 0 atom stereocenters. The number of imidazole rings is 1. The van der Waals surface area contributed by atoms with Crippen LogP contribution in [0.5, 0.6) is 0 Å². The lowest BCUT2D eigenvalue weighted by Crippen LogP contribution is -1.98. The summed E-state index contributed by atoms with van der Waals surface area (Å²) in [5.74, 6) is 0. The molecular formula is C12H9ClN2S2. The zero-order valence-electron chi connectivity index (χ0n) is 8.81. The number of fused-ring (bicyclic) bond motifs is 1. The molecule has 2 aromatic heterocycles. The van der Waals surface area contributed by atoms with Crippen LogP contribution in [0.4, 0.5) is 0 Å². The molecule has 0 spiro atoms. The zero-order valence-corrected chi connectivity index (χ0v) is 11.2. The number of benzene rings is 1. The molecule has 0 fully saturated rings. The van der Waals surface area contributed by atoms with Gasteiger partial charge in [-0.2, -0.15) is 11.3 Å². The van der Waals surface area contributed by atoms with Crippen molar-refractivity contribution in [3.8, 4) is 0 Å². The third kappa shape index (κ3) is 2.04. The van der Waals surface area contributed by atoms with Crippen LogP contribution in [0.2, 0.25) is 5.02 Å². The Morgan fingerprint density at radius 3 is 3.00 bits per heavy atom. The molecule has 0 aliphatic carbocycles. The molecule has 0 radical (unpaired) electrons. The highest BCUT2D eigenvalue weighted by atomic mass is 35.5. The summed E-state index contributed by atoms with van der Waals surface area (Å²) < 4.78 is 2.80. The first-order valence-electron chi connectivity index (χ1n) is 5.13. The number of nitrogens with one attached hydrogen (secondary N) is 1. The van der Waals surface area contributed by atoms with Crippen molar-refractivity contribution in [3.05, 3.63) is 50.4 Å². The Labute approximate surface area is 112 Å². The van der Waals surface area contributed by atoms with Crippen LogP contribution in [0.15, 0.2) is 35.0 Å². The fraction of sp³-hybridized carbons (Fsp3) is 0.0833. The van der Waals surface area contributed by atoms with E-state index in [4.69, 9.17) is 23.8 Å². The fourth-order valence-corrected chi connectivity index (χ4v) is 2.95. The van der Waals surface area contributed by atoms with Crippen molar-refractivity contribution in [1.82, 2.24) is 9.55 Å². The lowest BCUT2D eigenvalue weighted by molar-refractivity contribution is 0.813. The van der Waals surface area contributed by atoms with Crippen LogP contribution in [0.3, 0.4) is 0 Å². The van der Waals surface area contributed by atoms with Gasteiger partial charge in [0.1, 0.15) is 0 Å². The van der Waals surface area contributed by atoms with E-state index in [1.807, 2.05) is 18.2 Å². The van der Waals surface area contributed by atoms with Gasteiger partial charge in [0, 0.05) is 5.02 Å². The molecule has 3 rings (SSSR count). The number of halogens is 1. The van der Waals surface area contributed by atoms with Gasteiger partial charge in [0.2, 0.25) is 0 Å². The van der Waals surface area contributed by atoms with Crippen molar-refractivity contribution in [2.24, 2.45) is 0 Å². The smallest absolute Gasteiger partial charge is 0.178 e. The minimum absolute atomic E-state index is 0.727. The summed E-state index contributed by atoms with van der Waals surface area (Å²) in [6.45, 7) is 0.780. The van der Waals surface area contributed by atoms with Gasteiger partial charge in [-0.1, -0.05) is 11.6 Å². The minimum Gasteiger partial charge on any atom is -0.331 e. The van der Waals surface area contributed by atoms with E-state index in [0.29, 0.717) is 0 Å². The molecule has 3 aromatic rings. The largest absolute Gasteiger partial charge is 0.331 e. The van der Waals surface area contributed by atoms with Gasteiger partial charge in [-0.3, -0.25) is 0 Å². The number of hydrogen-bond donors (Lipinski definition) is 1. The number of nitrogens with zero attached hydrogens (tertiary/aromatic N) is 1. The van der Waals surface area contributed by atoms with Gasteiger partial charge in [0.15, 0.2) is 4.77 Å². The number of H-pyrrole nitrogens is 1. The van der Waals surface area contributed by atoms with Gasteiger partial charge < -0.3 is 9.55 Å². The van der Waals surface area contributed by atoms with E-state index in [-0.39, 0.29) is 0 Å². The highest BCUT2D eigenvalue weighted by Crippen LogP contribution is 2.20. The quantitative estimate of drug-likeness (QED) is 0.687. The molecule has 2 nitrogen and oxygen atoms in total. The van der Waals surface area contributed by atoms with E-state index in [9.17, 15) is 0 Å². The maximum absolute atomic E-state index is 6.02. The molecule has 0 saturated carbocycles. The summed E-state index contributed by atoms with van der Waals surface area (Å²) in [7, 11) is 0. The second-order valence-corrected chi connectivity index (χ2v) is 5.41. The second-order valence-electron chi connectivity index (χ2n) is 3.81. The van der Waals surface area contributed by atoms with Crippen molar-refractivity contribution in [2.45, 2.75) is 6.54 Å². The van der Waals surface area contributed by atoms with Crippen LogP contribution >= 0.6 is 35.2 Å². The molecule has 1 aromatic carbocycles. The first kappa shape index (κ1) is 11.0. The molecule has 0 bridgehead atoms.